The molecule has 2 aromatic rings. The molecule has 22 heavy (non-hydrogen) atoms. The zero-order chi connectivity index (χ0) is 15.7. The van der Waals surface area contributed by atoms with E-state index >= 15 is 0 Å². The monoisotopic (exact) mass is 297 g/mol. The molecule has 3 rings (SSSR count). The number of hydrogen-bond donors (Lipinski definition) is 0. The maximum atomic E-state index is 5.85. The van der Waals surface area contributed by atoms with Crippen LogP contribution in [-0.2, 0) is 0 Å². The van der Waals surface area contributed by atoms with Gasteiger partial charge in [-0.15, -0.1) is 0 Å². The van der Waals surface area contributed by atoms with Gasteiger partial charge in [-0.3, -0.25) is 4.98 Å². The van der Waals surface area contributed by atoms with Crippen LogP contribution in [0.4, 0.5) is 0 Å². The average Bonchev–Trinajstić information content (AvgIpc) is 2.55. The Bertz CT molecular complexity index is 738. The van der Waals surface area contributed by atoms with Gasteiger partial charge in [-0.25, -0.2) is 0 Å². The third kappa shape index (κ3) is 2.30. The van der Waals surface area contributed by atoms with Gasteiger partial charge in [0.15, 0.2) is 11.5 Å². The predicted molar refractivity (Wildman–Crippen MR) is 86.8 cm³/mol. The first-order valence-electron chi connectivity index (χ1n) is 7.22. The van der Waals surface area contributed by atoms with Crippen molar-refractivity contribution in [3.63, 3.8) is 0 Å². The van der Waals surface area contributed by atoms with Gasteiger partial charge in [0.1, 0.15) is 19.0 Å². The van der Waals surface area contributed by atoms with Gasteiger partial charge >= 0.3 is 0 Å². The van der Waals surface area contributed by atoms with Crippen molar-refractivity contribution >= 4 is 6.08 Å². The second kappa shape index (κ2) is 5.72. The van der Waals surface area contributed by atoms with Crippen LogP contribution in [0.2, 0.25) is 0 Å². The molecule has 0 saturated carbocycles. The van der Waals surface area contributed by atoms with Crippen molar-refractivity contribution in [2.24, 2.45) is 0 Å². The van der Waals surface area contributed by atoms with Crippen LogP contribution in [0.3, 0.4) is 0 Å². The van der Waals surface area contributed by atoms with Crippen LogP contribution in [0.1, 0.15) is 16.7 Å². The molecule has 4 heteroatoms. The van der Waals surface area contributed by atoms with E-state index in [0.717, 1.165) is 39.4 Å². The number of fused-ring (bicyclic) bond motifs is 1. The number of benzene rings is 1. The third-order valence-corrected chi connectivity index (χ3v) is 3.89. The van der Waals surface area contributed by atoms with Crippen molar-refractivity contribution in [2.45, 2.75) is 13.8 Å². The fraction of sp³-hybridized carbons (Fsp3) is 0.278. The van der Waals surface area contributed by atoms with Gasteiger partial charge in [-0.1, -0.05) is 12.7 Å². The number of ether oxygens (including phenoxy) is 3. The van der Waals surface area contributed by atoms with E-state index < -0.39 is 0 Å². The minimum atomic E-state index is 0.534. The third-order valence-electron chi connectivity index (χ3n) is 3.89. The van der Waals surface area contributed by atoms with E-state index in [1.807, 2.05) is 38.3 Å². The van der Waals surface area contributed by atoms with Gasteiger partial charge in [0.25, 0.3) is 0 Å². The molecule has 0 fully saturated rings. The number of aryl methyl sites for hydroxylation is 1. The minimum Gasteiger partial charge on any atom is -0.496 e. The van der Waals surface area contributed by atoms with Crippen LogP contribution in [0, 0.1) is 13.8 Å². The smallest absolute Gasteiger partial charge is 0.171 e. The molecule has 4 nitrogen and oxygen atoms in total. The van der Waals surface area contributed by atoms with Crippen LogP contribution in [0.15, 0.2) is 24.9 Å². The van der Waals surface area contributed by atoms with E-state index in [-0.39, 0.29) is 0 Å². The molecule has 0 N–H and O–H groups in total. The van der Waals surface area contributed by atoms with Crippen molar-refractivity contribution in [3.8, 4) is 28.5 Å². The summed E-state index contributed by atoms with van der Waals surface area (Å²) in [6.45, 7) is 8.95. The molecule has 1 aliphatic rings. The molecule has 0 spiro atoms. The van der Waals surface area contributed by atoms with Gasteiger partial charge < -0.3 is 14.2 Å². The lowest BCUT2D eigenvalue weighted by atomic mass is 9.99. The van der Waals surface area contributed by atoms with Gasteiger partial charge in [-0.05, 0) is 31.0 Å². The summed E-state index contributed by atoms with van der Waals surface area (Å²) in [6, 6.07) is 3.89. The molecule has 0 aliphatic carbocycles. The lowest BCUT2D eigenvalue weighted by Gasteiger charge is -2.24. The average molecular weight is 297 g/mol. The maximum Gasteiger partial charge on any atom is 0.171 e. The SMILES string of the molecule is C=Cc1cc(-c2c(C)c(OC)cc3c2OCCO3)ncc1C. The van der Waals surface area contributed by atoms with Gasteiger partial charge in [0, 0.05) is 17.8 Å². The first kappa shape index (κ1) is 14.4. The quantitative estimate of drug-likeness (QED) is 0.864. The highest BCUT2D eigenvalue weighted by atomic mass is 16.6. The summed E-state index contributed by atoms with van der Waals surface area (Å²) in [7, 11) is 1.65. The maximum absolute atomic E-state index is 5.85. The van der Waals surface area contributed by atoms with Crippen molar-refractivity contribution < 1.29 is 14.2 Å². The second-order valence-corrected chi connectivity index (χ2v) is 5.23. The Morgan fingerprint density at radius 1 is 1.23 bits per heavy atom. The van der Waals surface area contributed by atoms with Crippen LogP contribution in [0.5, 0.6) is 17.2 Å². The Kier molecular flexibility index (Phi) is 3.75. The summed E-state index contributed by atoms with van der Waals surface area (Å²) in [4.78, 5) is 4.56. The number of nitrogens with zero attached hydrogens (tertiary/aromatic N) is 1. The van der Waals surface area contributed by atoms with E-state index in [2.05, 4.69) is 11.6 Å². The number of pyridine rings is 1. The Balaban J connectivity index is 2.27. The molecule has 1 aromatic heterocycles. The highest BCUT2D eigenvalue weighted by molar-refractivity contribution is 5.79. The first-order chi connectivity index (χ1) is 10.7. The lowest BCUT2D eigenvalue weighted by Crippen LogP contribution is -2.16. The Labute approximate surface area is 130 Å². The van der Waals surface area contributed by atoms with Crippen LogP contribution in [-0.4, -0.2) is 25.3 Å². The Morgan fingerprint density at radius 2 is 2.00 bits per heavy atom. The molecule has 114 valence electrons. The molecule has 0 saturated heterocycles. The summed E-state index contributed by atoms with van der Waals surface area (Å²) in [5.41, 5.74) is 4.87. The van der Waals surface area contributed by atoms with Crippen molar-refractivity contribution in [1.82, 2.24) is 4.98 Å². The number of methoxy groups -OCH3 is 1. The number of aromatic nitrogens is 1. The van der Waals surface area contributed by atoms with E-state index in [9.17, 15) is 0 Å². The summed E-state index contributed by atoms with van der Waals surface area (Å²) < 4.78 is 17.0. The van der Waals surface area contributed by atoms with Crippen LogP contribution < -0.4 is 14.2 Å². The van der Waals surface area contributed by atoms with Crippen LogP contribution in [0.25, 0.3) is 17.3 Å². The van der Waals surface area contributed by atoms with Crippen LogP contribution >= 0.6 is 0 Å². The minimum absolute atomic E-state index is 0.534. The second-order valence-electron chi connectivity index (χ2n) is 5.23. The molecule has 1 aromatic carbocycles. The normalized spacial score (nSPS) is 12.9. The largest absolute Gasteiger partial charge is 0.496 e. The highest BCUT2D eigenvalue weighted by Crippen LogP contribution is 2.46. The van der Waals surface area contributed by atoms with Crippen molar-refractivity contribution in [3.05, 3.63) is 41.6 Å². The topological polar surface area (TPSA) is 40.6 Å². The molecule has 0 amide bonds. The summed E-state index contributed by atoms with van der Waals surface area (Å²) in [5, 5.41) is 0. The van der Waals surface area contributed by atoms with Crippen molar-refractivity contribution in [2.75, 3.05) is 20.3 Å². The predicted octanol–water partition coefficient (Wildman–Crippen LogP) is 3.79. The molecule has 1 aliphatic heterocycles. The molecular formula is C18H19NO3. The van der Waals surface area contributed by atoms with Gasteiger partial charge in [0.05, 0.1) is 18.4 Å². The molecule has 0 unspecified atom stereocenters. The Morgan fingerprint density at radius 3 is 2.73 bits per heavy atom. The number of hydrogen-bond acceptors (Lipinski definition) is 4. The van der Waals surface area contributed by atoms with E-state index in [4.69, 9.17) is 14.2 Å². The lowest BCUT2D eigenvalue weighted by molar-refractivity contribution is 0.171. The highest BCUT2D eigenvalue weighted by Gasteiger charge is 2.23. The standard InChI is InChI=1S/C18H19NO3/c1-5-13-8-14(19-10-11(13)2)17-12(3)15(20-4)9-16-18(17)22-7-6-21-16/h5,8-10H,1,6-7H2,2-4H3. The Hall–Kier alpha value is -2.49. The zero-order valence-electron chi connectivity index (χ0n) is 13.1. The van der Waals surface area contributed by atoms with E-state index in [0.29, 0.717) is 19.0 Å². The summed E-state index contributed by atoms with van der Waals surface area (Å²) >= 11 is 0. The fourth-order valence-electron chi connectivity index (χ4n) is 2.67. The molecule has 0 atom stereocenters. The molecule has 2 heterocycles. The zero-order valence-corrected chi connectivity index (χ0v) is 13.1. The number of rotatable bonds is 3. The molecular weight excluding hydrogens is 278 g/mol. The fourth-order valence-corrected chi connectivity index (χ4v) is 2.67. The van der Waals surface area contributed by atoms with Crippen molar-refractivity contribution in [1.29, 1.82) is 0 Å². The van der Waals surface area contributed by atoms with E-state index in [1.165, 1.54) is 0 Å². The van der Waals surface area contributed by atoms with E-state index in [1.54, 1.807) is 7.11 Å². The first-order valence-corrected chi connectivity index (χ1v) is 7.22. The summed E-state index contributed by atoms with van der Waals surface area (Å²) in [5.74, 6) is 2.20. The van der Waals surface area contributed by atoms with Gasteiger partial charge in [-0.2, -0.15) is 0 Å². The molecule has 0 radical (unpaired) electrons. The van der Waals surface area contributed by atoms with Gasteiger partial charge in [0.2, 0.25) is 0 Å². The molecule has 0 bridgehead atoms. The summed E-state index contributed by atoms with van der Waals surface area (Å²) in [6.07, 6.45) is 3.68.